The van der Waals surface area contributed by atoms with Gasteiger partial charge in [0.1, 0.15) is 5.60 Å². The maximum Gasteiger partial charge on any atom is 0.408 e. The molecule has 0 saturated heterocycles. The zero-order valence-electron chi connectivity index (χ0n) is 15.3. The van der Waals surface area contributed by atoms with E-state index in [-0.39, 0.29) is 0 Å². The van der Waals surface area contributed by atoms with Crippen LogP contribution in [0.4, 0.5) is 4.79 Å². The molecule has 1 aromatic carbocycles. The molecule has 0 unspecified atom stereocenters. The van der Waals surface area contributed by atoms with Crippen molar-refractivity contribution in [3.05, 3.63) is 53.9 Å². The third-order valence-corrected chi connectivity index (χ3v) is 3.73. The zero-order chi connectivity index (χ0) is 18.0. The molecule has 1 aromatic heterocycles. The Balaban J connectivity index is 2.27. The summed E-state index contributed by atoms with van der Waals surface area (Å²) in [6.07, 6.45) is 3.23. The van der Waals surface area contributed by atoms with Crippen LogP contribution in [0.1, 0.15) is 45.7 Å². The van der Waals surface area contributed by atoms with Crippen molar-refractivity contribution in [2.75, 3.05) is 0 Å². The number of nitrogens with one attached hydrogen (secondary N) is 1. The van der Waals surface area contributed by atoms with Gasteiger partial charge < -0.3 is 10.1 Å². The minimum Gasteiger partial charge on any atom is -0.444 e. The molecule has 0 atom stereocenters. The smallest absolute Gasteiger partial charge is 0.408 e. The van der Waals surface area contributed by atoms with Crippen LogP contribution in [0, 0.1) is 6.92 Å². The SMILES string of the molecule is Cc1cnccc1-c1cccc(C(C)(C)NC(=O)OC(C)(C)C)c1. The first-order valence-electron chi connectivity index (χ1n) is 8.11. The molecular weight excluding hydrogens is 300 g/mol. The second kappa shape index (κ2) is 6.63. The van der Waals surface area contributed by atoms with Crippen molar-refractivity contribution >= 4 is 6.09 Å². The molecule has 0 saturated carbocycles. The summed E-state index contributed by atoms with van der Waals surface area (Å²) in [5, 5.41) is 2.95. The van der Waals surface area contributed by atoms with E-state index in [2.05, 4.69) is 22.4 Å². The molecule has 0 radical (unpaired) electrons. The quantitative estimate of drug-likeness (QED) is 0.880. The first-order valence-corrected chi connectivity index (χ1v) is 8.11. The van der Waals surface area contributed by atoms with Gasteiger partial charge in [0.2, 0.25) is 0 Å². The number of aryl methyl sites for hydroxylation is 1. The number of rotatable bonds is 3. The van der Waals surface area contributed by atoms with Gasteiger partial charge in [0.25, 0.3) is 0 Å². The van der Waals surface area contributed by atoms with Crippen LogP contribution in [0.25, 0.3) is 11.1 Å². The topological polar surface area (TPSA) is 51.2 Å². The van der Waals surface area contributed by atoms with Crippen LogP contribution in [0.3, 0.4) is 0 Å². The minimum absolute atomic E-state index is 0.419. The zero-order valence-corrected chi connectivity index (χ0v) is 15.3. The molecule has 0 spiro atoms. The molecule has 2 rings (SSSR count). The van der Waals surface area contributed by atoms with E-state index in [0.29, 0.717) is 0 Å². The van der Waals surface area contributed by atoms with Gasteiger partial charge in [0, 0.05) is 12.4 Å². The first kappa shape index (κ1) is 18.0. The number of hydrogen-bond acceptors (Lipinski definition) is 3. The van der Waals surface area contributed by atoms with Gasteiger partial charge in [-0.25, -0.2) is 4.79 Å². The predicted molar refractivity (Wildman–Crippen MR) is 96.8 cm³/mol. The van der Waals surface area contributed by atoms with Crippen LogP contribution in [-0.4, -0.2) is 16.7 Å². The number of benzene rings is 1. The Hall–Kier alpha value is -2.36. The van der Waals surface area contributed by atoms with Crippen molar-refractivity contribution in [3.63, 3.8) is 0 Å². The molecule has 4 heteroatoms. The fourth-order valence-corrected chi connectivity index (χ4v) is 2.50. The second-order valence-corrected chi connectivity index (χ2v) is 7.52. The van der Waals surface area contributed by atoms with Crippen molar-refractivity contribution in [3.8, 4) is 11.1 Å². The molecular formula is C20H26N2O2. The minimum atomic E-state index is -0.542. The van der Waals surface area contributed by atoms with Crippen LogP contribution >= 0.6 is 0 Å². The van der Waals surface area contributed by atoms with Crippen molar-refractivity contribution in [1.82, 2.24) is 10.3 Å². The lowest BCUT2D eigenvalue weighted by molar-refractivity contribution is 0.0470. The summed E-state index contributed by atoms with van der Waals surface area (Å²) in [6.45, 7) is 11.5. The molecule has 0 bridgehead atoms. The molecule has 128 valence electrons. The molecule has 1 N–H and O–H groups in total. The second-order valence-electron chi connectivity index (χ2n) is 7.52. The molecule has 0 aliphatic heterocycles. The number of hydrogen-bond donors (Lipinski definition) is 1. The number of aromatic nitrogens is 1. The predicted octanol–water partition coefficient (Wildman–Crippen LogP) is 4.82. The molecule has 4 nitrogen and oxygen atoms in total. The summed E-state index contributed by atoms with van der Waals surface area (Å²) >= 11 is 0. The van der Waals surface area contributed by atoms with Crippen molar-refractivity contribution < 1.29 is 9.53 Å². The normalized spacial score (nSPS) is 11.9. The summed E-state index contributed by atoms with van der Waals surface area (Å²) < 4.78 is 5.37. The lowest BCUT2D eigenvalue weighted by atomic mass is 9.91. The maximum atomic E-state index is 12.1. The van der Waals surface area contributed by atoms with E-state index in [1.165, 1.54) is 0 Å². The largest absolute Gasteiger partial charge is 0.444 e. The van der Waals surface area contributed by atoms with Gasteiger partial charge in [0.15, 0.2) is 0 Å². The number of pyridine rings is 1. The summed E-state index contributed by atoms with van der Waals surface area (Å²) in [7, 11) is 0. The maximum absolute atomic E-state index is 12.1. The summed E-state index contributed by atoms with van der Waals surface area (Å²) in [4.78, 5) is 16.3. The number of carbonyl (C=O) groups is 1. The Kier molecular flexibility index (Phi) is 4.97. The van der Waals surface area contributed by atoms with Crippen LogP contribution in [-0.2, 0) is 10.3 Å². The number of nitrogens with zero attached hydrogens (tertiary/aromatic N) is 1. The summed E-state index contributed by atoms with van der Waals surface area (Å²) in [5.74, 6) is 0. The van der Waals surface area contributed by atoms with Crippen LogP contribution in [0.2, 0.25) is 0 Å². The standard InChI is InChI=1S/C20H26N2O2/c1-14-13-21-11-10-17(14)15-8-7-9-16(12-15)20(5,6)22-18(23)24-19(2,3)4/h7-13H,1-6H3,(H,22,23). The van der Waals surface area contributed by atoms with Crippen molar-refractivity contribution in [1.29, 1.82) is 0 Å². The highest BCUT2D eigenvalue weighted by molar-refractivity contribution is 5.70. The lowest BCUT2D eigenvalue weighted by Crippen LogP contribution is -2.43. The monoisotopic (exact) mass is 326 g/mol. The van der Waals surface area contributed by atoms with E-state index in [4.69, 9.17) is 4.74 Å². The highest BCUT2D eigenvalue weighted by Crippen LogP contribution is 2.28. The number of carbonyl (C=O) groups excluding carboxylic acids is 1. The summed E-state index contributed by atoms with van der Waals surface area (Å²) in [5.41, 5.74) is 3.32. The average Bonchev–Trinajstić information content (AvgIpc) is 2.45. The first-order chi connectivity index (χ1) is 11.1. The average molecular weight is 326 g/mol. The Morgan fingerprint density at radius 2 is 1.83 bits per heavy atom. The fraction of sp³-hybridized carbons (Fsp3) is 0.400. The molecule has 0 aliphatic carbocycles. The van der Waals surface area contributed by atoms with Crippen molar-refractivity contribution in [2.24, 2.45) is 0 Å². The molecule has 0 fully saturated rings. The molecule has 1 heterocycles. The van der Waals surface area contributed by atoms with Crippen molar-refractivity contribution in [2.45, 2.75) is 52.7 Å². The van der Waals surface area contributed by atoms with Crippen LogP contribution in [0.15, 0.2) is 42.7 Å². The van der Waals surface area contributed by atoms with Gasteiger partial charge in [-0.1, -0.05) is 18.2 Å². The molecule has 2 aromatic rings. The van der Waals surface area contributed by atoms with E-state index >= 15 is 0 Å². The third kappa shape index (κ3) is 4.57. The number of alkyl carbamates (subject to hydrolysis) is 1. The molecule has 1 amide bonds. The van der Waals surface area contributed by atoms with Gasteiger partial charge in [-0.3, -0.25) is 4.98 Å². The van der Waals surface area contributed by atoms with Gasteiger partial charge in [-0.2, -0.15) is 0 Å². The highest BCUT2D eigenvalue weighted by atomic mass is 16.6. The van der Waals surface area contributed by atoms with Crippen LogP contribution in [0.5, 0.6) is 0 Å². The Morgan fingerprint density at radius 1 is 1.12 bits per heavy atom. The van der Waals surface area contributed by atoms with E-state index in [0.717, 1.165) is 22.3 Å². The van der Waals surface area contributed by atoms with Gasteiger partial charge in [0.05, 0.1) is 5.54 Å². The van der Waals surface area contributed by atoms with Crippen LogP contribution < -0.4 is 5.32 Å². The highest BCUT2D eigenvalue weighted by Gasteiger charge is 2.26. The van der Waals surface area contributed by atoms with E-state index in [1.807, 2.05) is 65.9 Å². The van der Waals surface area contributed by atoms with Gasteiger partial charge in [-0.15, -0.1) is 0 Å². The van der Waals surface area contributed by atoms with E-state index in [9.17, 15) is 4.79 Å². The fourth-order valence-electron chi connectivity index (χ4n) is 2.50. The third-order valence-electron chi connectivity index (χ3n) is 3.73. The number of amides is 1. The Bertz CT molecular complexity index is 730. The van der Waals surface area contributed by atoms with E-state index in [1.54, 1.807) is 6.20 Å². The Morgan fingerprint density at radius 3 is 2.46 bits per heavy atom. The molecule has 24 heavy (non-hydrogen) atoms. The van der Waals surface area contributed by atoms with Gasteiger partial charge >= 0.3 is 6.09 Å². The number of ether oxygens (including phenoxy) is 1. The Labute approximate surface area is 144 Å². The molecule has 0 aliphatic rings. The lowest BCUT2D eigenvalue weighted by Gasteiger charge is -2.29. The van der Waals surface area contributed by atoms with E-state index < -0.39 is 17.2 Å². The van der Waals surface area contributed by atoms with Gasteiger partial charge in [-0.05, 0) is 75.9 Å². The summed E-state index contributed by atoms with van der Waals surface area (Å²) in [6, 6.07) is 10.2.